The van der Waals surface area contributed by atoms with E-state index in [1.54, 1.807) is 6.07 Å². The third-order valence-corrected chi connectivity index (χ3v) is 3.53. The Morgan fingerprint density at radius 1 is 1.47 bits per heavy atom. The Morgan fingerprint density at radius 2 is 2.16 bits per heavy atom. The molecular formula is C15H24N2O2. The third-order valence-electron chi connectivity index (χ3n) is 3.53. The van der Waals surface area contributed by atoms with E-state index < -0.39 is 5.97 Å². The number of carboxylic acid groups (broad SMARTS) is 1. The molecule has 0 spiro atoms. The Hall–Kier alpha value is -1.55. The first-order valence-electron chi connectivity index (χ1n) is 6.73. The molecule has 0 aliphatic heterocycles. The highest BCUT2D eigenvalue weighted by Crippen LogP contribution is 2.17. The Labute approximate surface area is 115 Å². The van der Waals surface area contributed by atoms with Crippen molar-refractivity contribution < 1.29 is 9.90 Å². The van der Waals surface area contributed by atoms with E-state index in [4.69, 9.17) is 5.11 Å². The van der Waals surface area contributed by atoms with Crippen molar-refractivity contribution in [2.24, 2.45) is 0 Å². The van der Waals surface area contributed by atoms with E-state index in [9.17, 15) is 4.79 Å². The van der Waals surface area contributed by atoms with Gasteiger partial charge in [-0.2, -0.15) is 0 Å². The molecule has 0 aliphatic rings. The molecule has 0 bridgehead atoms. The number of likely N-dealkylation sites (N-methyl/N-ethyl adjacent to an activating group) is 1. The van der Waals surface area contributed by atoms with Gasteiger partial charge in [0.25, 0.3) is 0 Å². The number of carbonyl (C=O) groups is 1. The van der Waals surface area contributed by atoms with E-state index in [2.05, 4.69) is 31.1 Å². The highest BCUT2D eigenvalue weighted by molar-refractivity contribution is 5.94. The topological polar surface area (TPSA) is 52.6 Å². The largest absolute Gasteiger partial charge is 0.478 e. The molecule has 0 aliphatic carbocycles. The van der Waals surface area contributed by atoms with E-state index in [1.165, 1.54) is 0 Å². The van der Waals surface area contributed by atoms with Gasteiger partial charge in [-0.25, -0.2) is 4.79 Å². The zero-order chi connectivity index (χ0) is 14.4. The van der Waals surface area contributed by atoms with E-state index in [1.807, 2.05) is 19.1 Å². The van der Waals surface area contributed by atoms with Gasteiger partial charge in [0.2, 0.25) is 0 Å². The Bertz CT molecular complexity index is 432. The van der Waals surface area contributed by atoms with Crippen LogP contribution >= 0.6 is 0 Å². The lowest BCUT2D eigenvalue weighted by atomic mass is 10.1. The average Bonchev–Trinajstić information content (AvgIpc) is 2.37. The SMILES string of the molecule is CCC(C)N(C)CCNc1cc(C)ccc1C(=O)O. The summed E-state index contributed by atoms with van der Waals surface area (Å²) in [5.74, 6) is -0.891. The molecule has 1 aromatic rings. The summed E-state index contributed by atoms with van der Waals surface area (Å²) in [4.78, 5) is 13.4. The number of hydrogen-bond acceptors (Lipinski definition) is 3. The molecule has 0 saturated carbocycles. The number of aryl methyl sites for hydroxylation is 1. The highest BCUT2D eigenvalue weighted by atomic mass is 16.4. The summed E-state index contributed by atoms with van der Waals surface area (Å²) in [7, 11) is 2.09. The van der Waals surface area contributed by atoms with Crippen molar-refractivity contribution in [1.82, 2.24) is 4.90 Å². The van der Waals surface area contributed by atoms with Crippen LogP contribution in [0.25, 0.3) is 0 Å². The zero-order valence-corrected chi connectivity index (χ0v) is 12.2. The molecule has 2 N–H and O–H groups in total. The van der Waals surface area contributed by atoms with Gasteiger partial charge in [0, 0.05) is 24.8 Å². The standard InChI is InChI=1S/C15H24N2O2/c1-5-12(3)17(4)9-8-16-14-10-11(2)6-7-13(14)15(18)19/h6-7,10,12,16H,5,8-9H2,1-4H3,(H,18,19). The number of nitrogens with zero attached hydrogens (tertiary/aromatic N) is 1. The number of aromatic carboxylic acids is 1. The van der Waals surface area contributed by atoms with Crippen LogP contribution in [0, 0.1) is 6.92 Å². The summed E-state index contributed by atoms with van der Waals surface area (Å²) >= 11 is 0. The van der Waals surface area contributed by atoms with Crippen LogP contribution in [0.4, 0.5) is 5.69 Å². The summed E-state index contributed by atoms with van der Waals surface area (Å²) in [6.07, 6.45) is 1.11. The van der Waals surface area contributed by atoms with Crippen molar-refractivity contribution in [2.75, 3.05) is 25.5 Å². The molecule has 1 aromatic carbocycles. The van der Waals surface area contributed by atoms with Crippen LogP contribution in [0.15, 0.2) is 18.2 Å². The molecule has 106 valence electrons. The van der Waals surface area contributed by atoms with Gasteiger partial charge < -0.3 is 15.3 Å². The van der Waals surface area contributed by atoms with Crippen molar-refractivity contribution in [1.29, 1.82) is 0 Å². The molecule has 0 saturated heterocycles. The lowest BCUT2D eigenvalue weighted by molar-refractivity contribution is 0.0698. The van der Waals surface area contributed by atoms with Crippen molar-refractivity contribution in [2.45, 2.75) is 33.2 Å². The third kappa shape index (κ3) is 4.56. The Kier molecular flexibility index (Phi) is 5.83. The van der Waals surface area contributed by atoms with Gasteiger partial charge in [-0.1, -0.05) is 13.0 Å². The predicted octanol–water partition coefficient (Wildman–Crippen LogP) is 2.84. The normalized spacial score (nSPS) is 12.5. The van der Waals surface area contributed by atoms with Gasteiger partial charge in [-0.05, 0) is 45.0 Å². The van der Waals surface area contributed by atoms with Crippen LogP contribution < -0.4 is 5.32 Å². The van der Waals surface area contributed by atoms with Crippen molar-refractivity contribution >= 4 is 11.7 Å². The van der Waals surface area contributed by atoms with Crippen LogP contribution in [-0.4, -0.2) is 42.2 Å². The zero-order valence-electron chi connectivity index (χ0n) is 12.2. The van der Waals surface area contributed by atoms with Gasteiger partial charge in [0.05, 0.1) is 5.56 Å². The highest BCUT2D eigenvalue weighted by Gasteiger charge is 2.10. The summed E-state index contributed by atoms with van der Waals surface area (Å²) in [5.41, 5.74) is 2.09. The van der Waals surface area contributed by atoms with Crippen LogP contribution in [0.2, 0.25) is 0 Å². The van der Waals surface area contributed by atoms with Gasteiger partial charge in [0.15, 0.2) is 0 Å². The summed E-state index contributed by atoms with van der Waals surface area (Å²) in [6, 6.07) is 5.89. The maximum absolute atomic E-state index is 11.1. The maximum Gasteiger partial charge on any atom is 0.337 e. The fraction of sp³-hybridized carbons (Fsp3) is 0.533. The second-order valence-electron chi connectivity index (χ2n) is 5.02. The number of benzene rings is 1. The summed E-state index contributed by atoms with van der Waals surface area (Å²) < 4.78 is 0. The van der Waals surface area contributed by atoms with Crippen LogP contribution in [0.5, 0.6) is 0 Å². The van der Waals surface area contributed by atoms with Crippen LogP contribution in [0.3, 0.4) is 0 Å². The minimum Gasteiger partial charge on any atom is -0.478 e. The average molecular weight is 264 g/mol. The molecule has 0 amide bonds. The molecule has 19 heavy (non-hydrogen) atoms. The van der Waals surface area contributed by atoms with E-state index >= 15 is 0 Å². The number of carboxylic acids is 1. The van der Waals surface area contributed by atoms with Gasteiger partial charge in [-0.15, -0.1) is 0 Å². The number of hydrogen-bond donors (Lipinski definition) is 2. The lowest BCUT2D eigenvalue weighted by Crippen LogP contribution is -2.32. The second kappa shape index (κ2) is 7.14. The first kappa shape index (κ1) is 15.5. The maximum atomic E-state index is 11.1. The number of anilines is 1. The first-order chi connectivity index (χ1) is 8.95. The van der Waals surface area contributed by atoms with Crippen molar-refractivity contribution in [3.63, 3.8) is 0 Å². The molecule has 4 nitrogen and oxygen atoms in total. The van der Waals surface area contributed by atoms with Gasteiger partial charge in [-0.3, -0.25) is 0 Å². The quantitative estimate of drug-likeness (QED) is 0.795. The van der Waals surface area contributed by atoms with Gasteiger partial charge >= 0.3 is 5.97 Å². The van der Waals surface area contributed by atoms with E-state index in [0.717, 1.165) is 25.1 Å². The molecule has 1 rings (SSSR count). The molecule has 0 aromatic heterocycles. The van der Waals surface area contributed by atoms with E-state index in [0.29, 0.717) is 17.3 Å². The lowest BCUT2D eigenvalue weighted by Gasteiger charge is -2.23. The Balaban J connectivity index is 2.62. The fourth-order valence-electron chi connectivity index (χ4n) is 1.89. The molecule has 0 radical (unpaired) electrons. The fourth-order valence-corrected chi connectivity index (χ4v) is 1.89. The minimum atomic E-state index is -0.891. The van der Waals surface area contributed by atoms with Crippen molar-refractivity contribution in [3.05, 3.63) is 29.3 Å². The van der Waals surface area contributed by atoms with Crippen LogP contribution in [-0.2, 0) is 0 Å². The molecular weight excluding hydrogens is 240 g/mol. The Morgan fingerprint density at radius 3 is 2.74 bits per heavy atom. The molecule has 1 unspecified atom stereocenters. The second-order valence-corrected chi connectivity index (χ2v) is 5.02. The molecule has 1 atom stereocenters. The summed E-state index contributed by atoms with van der Waals surface area (Å²) in [6.45, 7) is 7.95. The number of nitrogens with one attached hydrogen (secondary N) is 1. The smallest absolute Gasteiger partial charge is 0.337 e. The molecule has 4 heteroatoms. The monoisotopic (exact) mass is 264 g/mol. The molecule has 0 fully saturated rings. The first-order valence-corrected chi connectivity index (χ1v) is 6.73. The van der Waals surface area contributed by atoms with Gasteiger partial charge in [0.1, 0.15) is 0 Å². The molecule has 0 heterocycles. The van der Waals surface area contributed by atoms with Crippen molar-refractivity contribution in [3.8, 4) is 0 Å². The van der Waals surface area contributed by atoms with Crippen LogP contribution in [0.1, 0.15) is 36.2 Å². The van der Waals surface area contributed by atoms with E-state index in [-0.39, 0.29) is 0 Å². The predicted molar refractivity (Wildman–Crippen MR) is 79.0 cm³/mol. The minimum absolute atomic E-state index is 0.330. The number of rotatable bonds is 7. The summed E-state index contributed by atoms with van der Waals surface area (Å²) in [5, 5.41) is 12.4.